The van der Waals surface area contributed by atoms with Gasteiger partial charge in [0.25, 0.3) is 5.91 Å². The molecular weight excluding hydrogens is 264 g/mol. The summed E-state index contributed by atoms with van der Waals surface area (Å²) in [6.45, 7) is 1.36. The second-order valence-electron chi connectivity index (χ2n) is 5.05. The predicted molar refractivity (Wildman–Crippen MR) is 74.5 cm³/mol. The zero-order valence-corrected chi connectivity index (χ0v) is 11.7. The molecule has 1 unspecified atom stereocenters. The van der Waals surface area contributed by atoms with Crippen molar-refractivity contribution in [2.75, 3.05) is 31.2 Å². The lowest BCUT2D eigenvalue weighted by Gasteiger charge is -2.14. The van der Waals surface area contributed by atoms with Gasteiger partial charge in [-0.25, -0.2) is 4.98 Å². The van der Waals surface area contributed by atoms with Crippen LogP contribution in [0.15, 0.2) is 0 Å². The molecule has 1 atom stereocenters. The second-order valence-corrected chi connectivity index (χ2v) is 6.05. The summed E-state index contributed by atoms with van der Waals surface area (Å²) in [5.41, 5.74) is 5.85. The average Bonchev–Trinajstić information content (AvgIpc) is 2.95. The van der Waals surface area contributed by atoms with E-state index in [1.807, 2.05) is 0 Å². The van der Waals surface area contributed by atoms with E-state index in [1.54, 1.807) is 12.0 Å². The summed E-state index contributed by atoms with van der Waals surface area (Å²) < 4.78 is 5.27. The first-order chi connectivity index (χ1) is 9.17. The zero-order chi connectivity index (χ0) is 13.4. The number of hydrogen-bond donors (Lipinski definition) is 2. The van der Waals surface area contributed by atoms with Gasteiger partial charge in [0.15, 0.2) is 5.13 Å². The number of rotatable bonds is 4. The molecule has 0 radical (unpaired) electrons. The summed E-state index contributed by atoms with van der Waals surface area (Å²) in [4.78, 5) is 18.9. The molecule has 0 spiro atoms. The van der Waals surface area contributed by atoms with E-state index >= 15 is 0 Å². The summed E-state index contributed by atoms with van der Waals surface area (Å²) in [7, 11) is 1.68. The number of likely N-dealkylation sites (tertiary alicyclic amines) is 1. The molecule has 1 aliphatic carbocycles. The first-order valence-electron chi connectivity index (χ1n) is 6.52. The molecule has 1 amide bonds. The molecule has 1 aliphatic heterocycles. The Bertz CT molecular complexity index is 486. The first-order valence-corrected chi connectivity index (χ1v) is 7.34. The number of hydrogen-bond acceptors (Lipinski definition) is 6. The van der Waals surface area contributed by atoms with Crippen molar-refractivity contribution in [1.82, 2.24) is 9.88 Å². The van der Waals surface area contributed by atoms with Crippen molar-refractivity contribution >= 4 is 28.2 Å². The minimum absolute atomic E-state index is 0.0293. The lowest BCUT2D eigenvalue weighted by molar-refractivity contribution is 0.0729. The highest BCUT2D eigenvalue weighted by molar-refractivity contribution is 7.18. The number of amides is 1. The van der Waals surface area contributed by atoms with E-state index in [-0.39, 0.29) is 12.0 Å². The van der Waals surface area contributed by atoms with Gasteiger partial charge < -0.3 is 20.7 Å². The third-order valence-corrected chi connectivity index (χ3v) is 4.51. The van der Waals surface area contributed by atoms with Crippen molar-refractivity contribution in [2.45, 2.75) is 31.4 Å². The van der Waals surface area contributed by atoms with Gasteiger partial charge in [-0.1, -0.05) is 11.3 Å². The minimum atomic E-state index is -0.0293. The van der Waals surface area contributed by atoms with Gasteiger partial charge in [-0.05, 0) is 19.3 Å². The normalized spacial score (nSPS) is 22.8. The third kappa shape index (κ3) is 2.66. The molecule has 3 N–H and O–H groups in total. The van der Waals surface area contributed by atoms with Crippen LogP contribution in [0, 0.1) is 0 Å². The lowest BCUT2D eigenvalue weighted by Crippen LogP contribution is -2.29. The highest BCUT2D eigenvalue weighted by Crippen LogP contribution is 2.31. The smallest absolute Gasteiger partial charge is 0.267 e. The fourth-order valence-corrected chi connectivity index (χ4v) is 3.13. The number of anilines is 2. The molecule has 2 fully saturated rings. The highest BCUT2D eigenvalue weighted by Gasteiger charge is 2.30. The van der Waals surface area contributed by atoms with Crippen molar-refractivity contribution in [3.05, 3.63) is 4.88 Å². The number of methoxy groups -OCH3 is 1. The molecule has 2 heterocycles. The van der Waals surface area contributed by atoms with E-state index in [9.17, 15) is 4.79 Å². The van der Waals surface area contributed by atoms with Gasteiger partial charge in [0, 0.05) is 26.2 Å². The van der Waals surface area contributed by atoms with E-state index in [2.05, 4.69) is 10.3 Å². The van der Waals surface area contributed by atoms with Crippen molar-refractivity contribution in [1.29, 1.82) is 0 Å². The quantitative estimate of drug-likeness (QED) is 0.866. The topological polar surface area (TPSA) is 80.5 Å². The van der Waals surface area contributed by atoms with Crippen molar-refractivity contribution in [3.8, 4) is 0 Å². The largest absolute Gasteiger partial charge is 0.382 e. The summed E-state index contributed by atoms with van der Waals surface area (Å²) in [6.07, 6.45) is 3.37. The van der Waals surface area contributed by atoms with E-state index in [0.29, 0.717) is 23.3 Å². The molecule has 1 aromatic heterocycles. The van der Waals surface area contributed by atoms with Gasteiger partial charge in [0.1, 0.15) is 10.7 Å². The number of nitrogens with two attached hydrogens (primary N) is 1. The maximum absolute atomic E-state index is 12.4. The number of carbonyl (C=O) groups is 1. The summed E-state index contributed by atoms with van der Waals surface area (Å²) in [5, 5.41) is 4.03. The second kappa shape index (κ2) is 4.97. The molecule has 3 rings (SSSR count). The SMILES string of the molecule is COC1CCN(C(=O)c2sc(NC3CC3)nc2N)C1. The van der Waals surface area contributed by atoms with Crippen molar-refractivity contribution in [3.63, 3.8) is 0 Å². The van der Waals surface area contributed by atoms with Crippen LogP contribution in [0.2, 0.25) is 0 Å². The van der Waals surface area contributed by atoms with Crippen LogP contribution >= 0.6 is 11.3 Å². The van der Waals surface area contributed by atoms with Crippen LogP contribution in [0.25, 0.3) is 0 Å². The Balaban J connectivity index is 1.70. The number of nitrogens with zero attached hydrogens (tertiary/aromatic N) is 2. The van der Waals surface area contributed by atoms with Crippen LogP contribution in [-0.2, 0) is 4.74 Å². The molecule has 0 bridgehead atoms. The number of nitrogens with one attached hydrogen (secondary N) is 1. The van der Waals surface area contributed by atoms with Gasteiger partial charge in [-0.3, -0.25) is 4.79 Å². The maximum atomic E-state index is 12.4. The Morgan fingerprint density at radius 2 is 2.32 bits per heavy atom. The fourth-order valence-electron chi connectivity index (χ4n) is 2.20. The minimum Gasteiger partial charge on any atom is -0.382 e. The molecule has 0 aromatic carbocycles. The van der Waals surface area contributed by atoms with Gasteiger partial charge in [0.05, 0.1) is 6.10 Å². The molecule has 104 valence electrons. The number of nitrogen functional groups attached to an aromatic ring is 1. The monoisotopic (exact) mass is 282 g/mol. The van der Waals surface area contributed by atoms with E-state index in [4.69, 9.17) is 10.5 Å². The van der Waals surface area contributed by atoms with Crippen LogP contribution in [0.3, 0.4) is 0 Å². The van der Waals surface area contributed by atoms with Crippen LogP contribution in [0.4, 0.5) is 10.9 Å². The van der Waals surface area contributed by atoms with E-state index < -0.39 is 0 Å². The Labute approximate surface area is 115 Å². The molecule has 1 aromatic rings. The summed E-state index contributed by atoms with van der Waals surface area (Å²) >= 11 is 1.35. The Morgan fingerprint density at radius 1 is 1.53 bits per heavy atom. The standard InChI is InChI=1S/C12H18N4O2S/c1-18-8-4-5-16(6-8)11(17)9-10(13)15-12(19-9)14-7-2-3-7/h7-8H,2-6,13H2,1H3,(H,14,15). The lowest BCUT2D eigenvalue weighted by atomic mass is 10.3. The van der Waals surface area contributed by atoms with Crippen molar-refractivity contribution in [2.24, 2.45) is 0 Å². The zero-order valence-electron chi connectivity index (χ0n) is 10.9. The number of thiazole rings is 1. The fraction of sp³-hybridized carbons (Fsp3) is 0.667. The first kappa shape index (κ1) is 12.7. The third-order valence-electron chi connectivity index (χ3n) is 3.52. The van der Waals surface area contributed by atoms with Crippen LogP contribution < -0.4 is 11.1 Å². The van der Waals surface area contributed by atoms with Gasteiger partial charge >= 0.3 is 0 Å². The maximum Gasteiger partial charge on any atom is 0.267 e. The van der Waals surface area contributed by atoms with Crippen LogP contribution in [0.1, 0.15) is 28.9 Å². The summed E-state index contributed by atoms with van der Waals surface area (Å²) in [6, 6.07) is 0.512. The van der Waals surface area contributed by atoms with E-state index in [1.165, 1.54) is 24.2 Å². The summed E-state index contributed by atoms with van der Waals surface area (Å²) in [5.74, 6) is 0.303. The number of aromatic nitrogens is 1. The number of carbonyl (C=O) groups excluding carboxylic acids is 1. The Hall–Kier alpha value is -1.34. The molecule has 1 saturated heterocycles. The van der Waals surface area contributed by atoms with Gasteiger partial charge in [0.2, 0.25) is 0 Å². The Kier molecular flexibility index (Phi) is 3.32. The van der Waals surface area contributed by atoms with Gasteiger partial charge in [-0.15, -0.1) is 0 Å². The highest BCUT2D eigenvalue weighted by atomic mass is 32.1. The van der Waals surface area contributed by atoms with E-state index in [0.717, 1.165) is 18.1 Å². The van der Waals surface area contributed by atoms with Crippen LogP contribution in [-0.4, -0.2) is 48.1 Å². The number of ether oxygens (including phenoxy) is 1. The molecule has 7 heteroatoms. The van der Waals surface area contributed by atoms with Crippen LogP contribution in [0.5, 0.6) is 0 Å². The Morgan fingerprint density at radius 3 is 2.95 bits per heavy atom. The van der Waals surface area contributed by atoms with Gasteiger partial charge in [-0.2, -0.15) is 0 Å². The molecule has 6 nitrogen and oxygen atoms in total. The molecule has 19 heavy (non-hydrogen) atoms. The molecule has 2 aliphatic rings. The average molecular weight is 282 g/mol. The molecule has 1 saturated carbocycles. The predicted octanol–water partition coefficient (Wildman–Crippen LogP) is 1.16. The molecular formula is C12H18N4O2S. The van der Waals surface area contributed by atoms with Crippen molar-refractivity contribution < 1.29 is 9.53 Å².